The van der Waals surface area contributed by atoms with Gasteiger partial charge in [0.1, 0.15) is 0 Å². The molecular formula is C37H56N2O10S. The summed E-state index contributed by atoms with van der Waals surface area (Å²) in [5.41, 5.74) is 4.58. The van der Waals surface area contributed by atoms with Crippen LogP contribution in [0.15, 0.2) is 66.0 Å². The van der Waals surface area contributed by atoms with Gasteiger partial charge in [-0.1, -0.05) is 30.3 Å². The first-order chi connectivity index (χ1) is 24.8. The van der Waals surface area contributed by atoms with Gasteiger partial charge in [0.25, 0.3) is 0 Å². The van der Waals surface area contributed by atoms with E-state index in [0.29, 0.717) is 119 Å². The Morgan fingerprint density at radius 2 is 0.780 bits per heavy atom. The minimum absolute atomic E-state index is 0.0261. The Morgan fingerprint density at radius 3 is 1.10 bits per heavy atom. The van der Waals surface area contributed by atoms with Crippen LogP contribution in [-0.4, -0.2) is 142 Å². The molecule has 0 unspecified atom stereocenters. The monoisotopic (exact) mass is 720 g/mol. The zero-order valence-electron chi connectivity index (χ0n) is 29.1. The minimum Gasteiger partial charge on any atom is -0.394 e. The van der Waals surface area contributed by atoms with Crippen molar-refractivity contribution in [2.24, 2.45) is 0 Å². The summed E-state index contributed by atoms with van der Waals surface area (Å²) in [5.74, 6) is 0.153. The number of hydrogen-bond acceptors (Lipinski definition) is 13. The second-order valence-corrected chi connectivity index (χ2v) is 11.9. The van der Waals surface area contributed by atoms with E-state index in [2.05, 4.69) is 76.7 Å². The molecule has 1 aromatic heterocycles. The molecule has 0 saturated heterocycles. The molecule has 2 aromatic carbocycles. The van der Waals surface area contributed by atoms with Crippen LogP contribution in [0.5, 0.6) is 0 Å². The number of thiophene rings is 1. The number of benzene rings is 2. The summed E-state index contributed by atoms with van der Waals surface area (Å²) in [6.07, 6.45) is 0. The lowest BCUT2D eigenvalue weighted by Crippen LogP contribution is -2.15. The van der Waals surface area contributed by atoms with Crippen LogP contribution in [0, 0.1) is 0 Å². The molecular weight excluding hydrogens is 664 g/mol. The maximum Gasteiger partial charge on any atom is 0.0701 e. The number of aliphatic hydroxyl groups excluding tert-OH is 2. The Labute approximate surface area is 300 Å². The molecule has 12 nitrogen and oxygen atoms in total. The van der Waals surface area contributed by atoms with E-state index in [4.69, 9.17) is 48.1 Å². The highest BCUT2D eigenvalue weighted by Crippen LogP contribution is 2.35. The molecule has 0 bridgehead atoms. The molecule has 0 fully saturated rings. The first-order valence-electron chi connectivity index (χ1n) is 17.4. The molecule has 1 heterocycles. The summed E-state index contributed by atoms with van der Waals surface area (Å²) < 4.78 is 43.4. The van der Waals surface area contributed by atoms with Crippen molar-refractivity contribution >= 4 is 22.7 Å². The molecule has 3 rings (SSSR count). The molecule has 13 heteroatoms. The van der Waals surface area contributed by atoms with Crippen molar-refractivity contribution in [2.45, 2.75) is 5.92 Å². The van der Waals surface area contributed by atoms with E-state index in [1.165, 1.54) is 16.0 Å². The SMILES string of the molecule is OCCOCCOCCOCCOCCNc1ccc(C(c2ccc(NCCOCCOCCOCCOCCO)cc2)c2cccs2)cc1. The normalized spacial score (nSPS) is 11.4. The molecule has 0 aliphatic rings. The van der Waals surface area contributed by atoms with E-state index in [1.807, 2.05) is 0 Å². The van der Waals surface area contributed by atoms with Gasteiger partial charge in [-0.15, -0.1) is 11.3 Å². The molecule has 280 valence electrons. The third-order valence-electron chi connectivity index (χ3n) is 7.17. The van der Waals surface area contributed by atoms with Crippen LogP contribution in [0.2, 0.25) is 0 Å². The number of anilines is 2. The minimum atomic E-state index is 0.0261. The summed E-state index contributed by atoms with van der Waals surface area (Å²) >= 11 is 1.77. The van der Waals surface area contributed by atoms with E-state index in [0.717, 1.165) is 11.4 Å². The van der Waals surface area contributed by atoms with Crippen molar-refractivity contribution < 1.29 is 48.1 Å². The van der Waals surface area contributed by atoms with Gasteiger partial charge in [0.2, 0.25) is 0 Å². The second-order valence-electron chi connectivity index (χ2n) is 10.9. The predicted octanol–water partition coefficient (Wildman–Crippen LogP) is 3.87. The third kappa shape index (κ3) is 19.1. The highest BCUT2D eigenvalue weighted by atomic mass is 32.1. The Kier molecular flexibility index (Phi) is 24.2. The van der Waals surface area contributed by atoms with Gasteiger partial charge in [-0.2, -0.15) is 0 Å². The number of hydrogen-bond donors (Lipinski definition) is 4. The molecule has 4 N–H and O–H groups in total. The zero-order chi connectivity index (χ0) is 35.2. The van der Waals surface area contributed by atoms with Crippen LogP contribution >= 0.6 is 11.3 Å². The third-order valence-corrected chi connectivity index (χ3v) is 8.11. The highest BCUT2D eigenvalue weighted by molar-refractivity contribution is 7.10. The van der Waals surface area contributed by atoms with Gasteiger partial charge in [0.15, 0.2) is 0 Å². The molecule has 0 spiro atoms. The van der Waals surface area contributed by atoms with Crippen molar-refractivity contribution in [3.63, 3.8) is 0 Å². The van der Waals surface area contributed by atoms with Crippen LogP contribution < -0.4 is 10.6 Å². The van der Waals surface area contributed by atoms with Crippen LogP contribution in [0.3, 0.4) is 0 Å². The fourth-order valence-corrected chi connectivity index (χ4v) is 5.63. The predicted molar refractivity (Wildman–Crippen MR) is 196 cm³/mol. The maximum absolute atomic E-state index is 8.65. The average molecular weight is 721 g/mol. The Balaban J connectivity index is 1.28. The van der Waals surface area contributed by atoms with Crippen molar-refractivity contribution in [3.8, 4) is 0 Å². The Hall–Kier alpha value is -2.66. The standard InChI is InChI=1S/C37H56N2O10S/c40-13-17-44-21-25-48-29-27-46-23-19-42-15-11-38-34-7-3-32(4-8-34)37(36-2-1-31-50-36)33-5-9-35(10-6-33)39-12-16-43-20-24-47-28-30-49-26-22-45-18-14-41/h1-10,31,37-41H,11-30H2. The summed E-state index contributed by atoms with van der Waals surface area (Å²) in [6.45, 7) is 9.39. The number of ether oxygens (including phenoxy) is 8. The first kappa shape index (κ1) is 41.8. The summed E-state index contributed by atoms with van der Waals surface area (Å²) in [6, 6.07) is 21.6. The van der Waals surface area contributed by atoms with Gasteiger partial charge >= 0.3 is 0 Å². The molecule has 0 saturated carbocycles. The van der Waals surface area contributed by atoms with Gasteiger partial charge in [0.05, 0.1) is 119 Å². The molecule has 3 aromatic rings. The van der Waals surface area contributed by atoms with E-state index in [-0.39, 0.29) is 19.1 Å². The van der Waals surface area contributed by atoms with Crippen molar-refractivity contribution in [1.82, 2.24) is 0 Å². The van der Waals surface area contributed by atoms with Crippen LogP contribution in [-0.2, 0) is 37.9 Å². The van der Waals surface area contributed by atoms with Gasteiger partial charge < -0.3 is 58.7 Å². The topological polar surface area (TPSA) is 138 Å². The summed E-state index contributed by atoms with van der Waals surface area (Å²) in [5, 5.41) is 26.3. The number of aliphatic hydroxyl groups is 2. The highest BCUT2D eigenvalue weighted by Gasteiger charge is 2.18. The first-order valence-corrected chi connectivity index (χ1v) is 18.2. The van der Waals surface area contributed by atoms with E-state index >= 15 is 0 Å². The Morgan fingerprint density at radius 1 is 0.440 bits per heavy atom. The van der Waals surface area contributed by atoms with Gasteiger partial charge in [-0.05, 0) is 46.8 Å². The van der Waals surface area contributed by atoms with Crippen LogP contribution in [0.1, 0.15) is 21.9 Å². The van der Waals surface area contributed by atoms with E-state index in [1.54, 1.807) is 11.3 Å². The lowest BCUT2D eigenvalue weighted by Gasteiger charge is -2.18. The summed E-state index contributed by atoms with van der Waals surface area (Å²) in [7, 11) is 0. The van der Waals surface area contributed by atoms with E-state index < -0.39 is 0 Å². The average Bonchev–Trinajstić information content (AvgIpc) is 3.68. The van der Waals surface area contributed by atoms with E-state index in [9.17, 15) is 0 Å². The second kappa shape index (κ2) is 29.0. The van der Waals surface area contributed by atoms with Gasteiger partial charge in [-0.25, -0.2) is 0 Å². The fraction of sp³-hybridized carbons (Fsp3) is 0.568. The quantitative estimate of drug-likeness (QED) is 0.0680. The van der Waals surface area contributed by atoms with Gasteiger partial charge in [0, 0.05) is 35.3 Å². The molecule has 0 radical (unpaired) electrons. The van der Waals surface area contributed by atoms with Crippen LogP contribution in [0.4, 0.5) is 11.4 Å². The van der Waals surface area contributed by atoms with Crippen LogP contribution in [0.25, 0.3) is 0 Å². The maximum atomic E-state index is 8.65. The molecule has 0 atom stereocenters. The van der Waals surface area contributed by atoms with Gasteiger partial charge in [-0.3, -0.25) is 0 Å². The summed E-state index contributed by atoms with van der Waals surface area (Å²) in [4.78, 5) is 1.30. The molecule has 0 aliphatic heterocycles. The zero-order valence-corrected chi connectivity index (χ0v) is 30.0. The number of rotatable bonds is 33. The number of nitrogens with one attached hydrogen (secondary N) is 2. The lowest BCUT2D eigenvalue weighted by molar-refractivity contribution is -0.00463. The fourth-order valence-electron chi connectivity index (χ4n) is 4.75. The van der Waals surface area contributed by atoms with Crippen molar-refractivity contribution in [1.29, 1.82) is 0 Å². The smallest absolute Gasteiger partial charge is 0.0701 e. The molecule has 50 heavy (non-hydrogen) atoms. The molecule has 0 amide bonds. The van der Waals surface area contributed by atoms with Crippen molar-refractivity contribution in [3.05, 3.63) is 82.0 Å². The van der Waals surface area contributed by atoms with Crippen molar-refractivity contribution in [2.75, 3.05) is 143 Å². The molecule has 0 aliphatic carbocycles. The lowest BCUT2D eigenvalue weighted by atomic mass is 9.89. The largest absolute Gasteiger partial charge is 0.394 e. The Bertz CT molecular complexity index is 1100.